The Morgan fingerprint density at radius 2 is 2.00 bits per heavy atom. The lowest BCUT2D eigenvalue weighted by Gasteiger charge is -2.44. The maximum Gasteiger partial charge on any atom is 0.265 e. The Kier molecular flexibility index (Phi) is 6.80. The highest BCUT2D eigenvalue weighted by Gasteiger charge is 2.43. The largest absolute Gasteiger partial charge is 0.492 e. The van der Waals surface area contributed by atoms with Crippen LogP contribution in [0.2, 0.25) is 0 Å². The smallest absolute Gasteiger partial charge is 0.265 e. The topological polar surface area (TPSA) is 141 Å². The SMILES string of the molecule is COc1ccc(-c2cc(Cc3cnc4c(N)nccn34)c(N3CCC[C@](N)([C@H](O)C(F)F)C3)cn2)nc1F. The van der Waals surface area contributed by atoms with E-state index in [0.29, 0.717) is 42.1 Å². The molecule has 0 aromatic carbocycles. The van der Waals surface area contributed by atoms with Crippen LogP contribution in [0.5, 0.6) is 5.75 Å². The van der Waals surface area contributed by atoms with Crippen molar-refractivity contribution < 1.29 is 23.0 Å². The van der Waals surface area contributed by atoms with Crippen molar-refractivity contribution >= 4 is 17.2 Å². The Balaban J connectivity index is 1.57. The lowest BCUT2D eigenvalue weighted by atomic mass is 9.84. The molecule has 0 spiro atoms. The fraction of sp³-hybridized carbons (Fsp3) is 0.360. The number of alkyl halides is 2. The summed E-state index contributed by atoms with van der Waals surface area (Å²) >= 11 is 0. The second-order valence-electron chi connectivity index (χ2n) is 9.36. The van der Waals surface area contributed by atoms with Crippen molar-refractivity contribution in [2.75, 3.05) is 30.8 Å². The molecular weight excluding hydrogens is 501 g/mol. The number of piperidine rings is 1. The normalized spacial score (nSPS) is 18.8. The Hall–Kier alpha value is -3.97. The summed E-state index contributed by atoms with van der Waals surface area (Å²) in [5.41, 5.74) is 14.1. The number of hydrogen-bond acceptors (Lipinski definition) is 9. The zero-order valence-electron chi connectivity index (χ0n) is 20.6. The van der Waals surface area contributed by atoms with Crippen LogP contribution in [0, 0.1) is 5.95 Å². The standard InChI is InChI=1S/C25H27F3N8O2/c1-38-19-4-3-16(34-22(19)28)17-10-14(9-15-11-33-24-23(29)31-6-8-36(15)24)18(12-32-17)35-7-2-5-25(30,13-35)20(37)21(26)27/h3-4,6,8,10-12,20-21,37H,2,5,7,9,13,30H2,1H3,(H2,29,31)/t20-,25-/m1/s1. The Labute approximate surface area is 216 Å². The zero-order chi connectivity index (χ0) is 27.0. The van der Waals surface area contributed by atoms with E-state index in [2.05, 4.69) is 19.9 Å². The maximum atomic E-state index is 14.4. The third kappa shape index (κ3) is 4.70. The summed E-state index contributed by atoms with van der Waals surface area (Å²) in [5.74, 6) is -0.489. The van der Waals surface area contributed by atoms with Gasteiger partial charge in [-0.05, 0) is 36.6 Å². The fourth-order valence-corrected chi connectivity index (χ4v) is 4.90. The number of rotatable bonds is 7. The second-order valence-corrected chi connectivity index (χ2v) is 9.36. The van der Waals surface area contributed by atoms with E-state index in [0.717, 1.165) is 11.3 Å². The van der Waals surface area contributed by atoms with Crippen LogP contribution in [0.3, 0.4) is 0 Å². The van der Waals surface area contributed by atoms with Gasteiger partial charge in [0.15, 0.2) is 17.2 Å². The van der Waals surface area contributed by atoms with E-state index in [1.807, 2.05) is 9.30 Å². The number of hydrogen-bond donors (Lipinski definition) is 3. The number of ether oxygens (including phenoxy) is 1. The van der Waals surface area contributed by atoms with E-state index >= 15 is 0 Å². The highest BCUT2D eigenvalue weighted by Crippen LogP contribution is 2.33. The molecule has 4 aromatic heterocycles. The zero-order valence-corrected chi connectivity index (χ0v) is 20.6. The lowest BCUT2D eigenvalue weighted by molar-refractivity contribution is -0.0529. The van der Waals surface area contributed by atoms with Gasteiger partial charge in [-0.1, -0.05) is 0 Å². The molecule has 1 aliphatic heterocycles. The molecule has 0 radical (unpaired) electrons. The summed E-state index contributed by atoms with van der Waals surface area (Å²) in [5, 5.41) is 10.2. The third-order valence-corrected chi connectivity index (χ3v) is 6.89. The number of nitrogens with zero attached hydrogens (tertiary/aromatic N) is 6. The van der Waals surface area contributed by atoms with Crippen LogP contribution in [-0.2, 0) is 6.42 Å². The first kappa shape index (κ1) is 25.7. The summed E-state index contributed by atoms with van der Waals surface area (Å²) in [4.78, 5) is 18.8. The quantitative estimate of drug-likeness (QED) is 0.309. The number of imidazole rings is 1. The van der Waals surface area contributed by atoms with Gasteiger partial charge in [0, 0.05) is 43.8 Å². The Morgan fingerprint density at radius 3 is 2.74 bits per heavy atom. The first-order valence-electron chi connectivity index (χ1n) is 12.0. The van der Waals surface area contributed by atoms with Gasteiger partial charge < -0.3 is 26.2 Å². The molecule has 2 atom stereocenters. The van der Waals surface area contributed by atoms with Gasteiger partial charge >= 0.3 is 0 Å². The van der Waals surface area contributed by atoms with Gasteiger partial charge in [-0.25, -0.2) is 23.7 Å². The van der Waals surface area contributed by atoms with Crippen LogP contribution < -0.4 is 21.1 Å². The minimum Gasteiger partial charge on any atom is -0.492 e. The van der Waals surface area contributed by atoms with Gasteiger partial charge in [-0.3, -0.25) is 9.38 Å². The molecule has 0 amide bonds. The summed E-state index contributed by atoms with van der Waals surface area (Å²) < 4.78 is 47.9. The number of aromatic nitrogens is 5. The van der Waals surface area contributed by atoms with Gasteiger partial charge in [0.1, 0.15) is 6.10 Å². The highest BCUT2D eigenvalue weighted by atomic mass is 19.3. The Morgan fingerprint density at radius 1 is 1.18 bits per heavy atom. The van der Waals surface area contributed by atoms with Crippen molar-refractivity contribution in [3.05, 3.63) is 60.2 Å². The number of aliphatic hydroxyl groups is 1. The number of anilines is 2. The predicted molar refractivity (Wildman–Crippen MR) is 135 cm³/mol. The lowest BCUT2D eigenvalue weighted by Crippen LogP contribution is -2.63. The van der Waals surface area contributed by atoms with Crippen molar-refractivity contribution in [3.63, 3.8) is 0 Å². The average Bonchev–Trinajstić information content (AvgIpc) is 3.32. The van der Waals surface area contributed by atoms with E-state index in [-0.39, 0.29) is 24.5 Å². The van der Waals surface area contributed by atoms with E-state index in [1.165, 1.54) is 13.2 Å². The molecule has 38 heavy (non-hydrogen) atoms. The van der Waals surface area contributed by atoms with Crippen LogP contribution in [-0.4, -0.2) is 67.7 Å². The van der Waals surface area contributed by atoms with Crippen molar-refractivity contribution in [2.45, 2.75) is 37.3 Å². The number of fused-ring (bicyclic) bond motifs is 1. The van der Waals surface area contributed by atoms with Crippen molar-refractivity contribution in [1.29, 1.82) is 0 Å². The number of nitrogens with two attached hydrogens (primary N) is 2. The second kappa shape index (κ2) is 10.1. The fourth-order valence-electron chi connectivity index (χ4n) is 4.90. The van der Waals surface area contributed by atoms with Gasteiger partial charge in [-0.2, -0.15) is 4.39 Å². The summed E-state index contributed by atoms with van der Waals surface area (Å²) in [6.45, 7) is 0.536. The maximum absolute atomic E-state index is 14.4. The minimum atomic E-state index is -2.96. The molecule has 0 aliphatic carbocycles. The number of pyridine rings is 2. The molecule has 1 saturated heterocycles. The number of methoxy groups -OCH3 is 1. The highest BCUT2D eigenvalue weighted by molar-refractivity contribution is 5.64. The van der Waals surface area contributed by atoms with Gasteiger partial charge in [-0.15, -0.1) is 0 Å². The third-order valence-electron chi connectivity index (χ3n) is 6.89. The molecular formula is C25H27F3N8O2. The van der Waals surface area contributed by atoms with Crippen LogP contribution in [0.25, 0.3) is 17.0 Å². The van der Waals surface area contributed by atoms with Crippen molar-refractivity contribution in [3.8, 4) is 17.1 Å². The molecule has 0 saturated carbocycles. The number of halogens is 3. The van der Waals surface area contributed by atoms with Crippen LogP contribution in [0.15, 0.2) is 43.0 Å². The molecule has 10 nitrogen and oxygen atoms in total. The van der Waals surface area contributed by atoms with Crippen LogP contribution in [0.1, 0.15) is 24.1 Å². The van der Waals surface area contributed by atoms with E-state index < -0.39 is 24.0 Å². The predicted octanol–water partition coefficient (Wildman–Crippen LogP) is 2.43. The number of nitrogen functional groups attached to an aromatic ring is 1. The molecule has 4 aromatic rings. The molecule has 5 heterocycles. The summed E-state index contributed by atoms with van der Waals surface area (Å²) in [7, 11) is 1.35. The summed E-state index contributed by atoms with van der Waals surface area (Å²) in [6.07, 6.45) is 2.74. The molecule has 13 heteroatoms. The number of aliphatic hydroxyl groups excluding tert-OH is 1. The van der Waals surface area contributed by atoms with E-state index in [9.17, 15) is 18.3 Å². The van der Waals surface area contributed by atoms with E-state index in [1.54, 1.807) is 36.9 Å². The van der Waals surface area contributed by atoms with Crippen LogP contribution in [0.4, 0.5) is 24.7 Å². The van der Waals surface area contributed by atoms with Gasteiger partial charge in [0.2, 0.25) is 0 Å². The molecule has 0 bridgehead atoms. The minimum absolute atomic E-state index is 0.00592. The summed E-state index contributed by atoms with van der Waals surface area (Å²) in [6, 6.07) is 4.83. The van der Waals surface area contributed by atoms with E-state index in [4.69, 9.17) is 16.2 Å². The molecule has 5 N–H and O–H groups in total. The van der Waals surface area contributed by atoms with Crippen molar-refractivity contribution in [2.24, 2.45) is 5.73 Å². The van der Waals surface area contributed by atoms with Crippen molar-refractivity contribution in [1.82, 2.24) is 24.3 Å². The average molecular weight is 529 g/mol. The first-order valence-corrected chi connectivity index (χ1v) is 12.0. The molecule has 1 fully saturated rings. The molecule has 1 aliphatic rings. The van der Waals surface area contributed by atoms with Gasteiger partial charge in [0.05, 0.1) is 35.9 Å². The van der Waals surface area contributed by atoms with Gasteiger partial charge in [0.25, 0.3) is 12.4 Å². The molecule has 5 rings (SSSR count). The van der Waals surface area contributed by atoms with Crippen LogP contribution >= 0.6 is 0 Å². The molecule has 0 unspecified atom stereocenters. The Bertz CT molecular complexity index is 1470. The first-order chi connectivity index (χ1) is 18.2. The monoisotopic (exact) mass is 528 g/mol. The molecule has 200 valence electrons.